The second kappa shape index (κ2) is 6.62. The Balaban J connectivity index is 0.00000225. The maximum absolute atomic E-state index is 11.4. The molecule has 0 aromatic heterocycles. The summed E-state index contributed by atoms with van der Waals surface area (Å²) in [4.78, 5) is 14.1. The van der Waals surface area contributed by atoms with Gasteiger partial charge in [0.05, 0.1) is 0 Å². The second-order valence-corrected chi connectivity index (χ2v) is 4.45. The van der Waals surface area contributed by atoms with Gasteiger partial charge in [-0.15, -0.1) is 0 Å². The zero-order valence-electron chi connectivity index (χ0n) is 10.6. The minimum atomic E-state index is -1.00. The Morgan fingerprint density at radius 1 is 1.50 bits per heavy atom. The molecule has 0 aromatic rings. The molecule has 1 amide bonds. The molecule has 0 saturated carbocycles. The number of aliphatic imine (C=N–C) groups is 1. The summed E-state index contributed by atoms with van der Waals surface area (Å²) in [6.07, 6.45) is 2.98. The van der Waals surface area contributed by atoms with Gasteiger partial charge in [0.1, 0.15) is 5.60 Å². The monoisotopic (exact) mass is 235 g/mol. The van der Waals surface area contributed by atoms with Crippen LogP contribution in [0.3, 0.4) is 0 Å². The maximum atomic E-state index is 11.4. The molecule has 5 heteroatoms. The predicted octanol–water partition coefficient (Wildman–Crippen LogP) is -1.13. The van der Waals surface area contributed by atoms with Crippen molar-refractivity contribution in [3.63, 3.8) is 0 Å². The minimum absolute atomic E-state index is 0. The largest absolute Gasteiger partial charge is 1.00 e. The van der Waals surface area contributed by atoms with Crippen molar-refractivity contribution in [3.8, 4) is 0 Å². The van der Waals surface area contributed by atoms with Gasteiger partial charge >= 0.3 is 35.7 Å². The quantitative estimate of drug-likeness (QED) is 0.567. The Hall–Kier alpha value is -0.0600. The van der Waals surface area contributed by atoms with Crippen molar-refractivity contribution in [2.45, 2.75) is 52.1 Å². The van der Waals surface area contributed by atoms with Gasteiger partial charge in [-0.1, -0.05) is 26.7 Å². The van der Waals surface area contributed by atoms with Crippen molar-refractivity contribution in [2.75, 3.05) is 0 Å². The molecule has 0 bridgehead atoms. The van der Waals surface area contributed by atoms with Gasteiger partial charge in [-0.2, -0.15) is 4.99 Å². The van der Waals surface area contributed by atoms with Crippen LogP contribution in [0, 0.1) is 5.92 Å². The predicted molar refractivity (Wildman–Crippen MR) is 55.6 cm³/mol. The van der Waals surface area contributed by atoms with E-state index in [4.69, 9.17) is 4.74 Å². The Bertz CT molecular complexity index is 280. The van der Waals surface area contributed by atoms with E-state index in [0.29, 0.717) is 12.3 Å². The summed E-state index contributed by atoms with van der Waals surface area (Å²) < 4.78 is 4.93. The first-order valence-corrected chi connectivity index (χ1v) is 5.47. The maximum Gasteiger partial charge on any atom is 1.00 e. The molecule has 1 heterocycles. The second-order valence-electron chi connectivity index (χ2n) is 4.45. The average Bonchev–Trinajstić information content (AvgIpc) is 2.39. The molecule has 1 aliphatic rings. The summed E-state index contributed by atoms with van der Waals surface area (Å²) in [6, 6.07) is 0. The van der Waals surface area contributed by atoms with Crippen LogP contribution in [0.15, 0.2) is 4.99 Å². The molecule has 0 radical (unpaired) electrons. The summed E-state index contributed by atoms with van der Waals surface area (Å²) in [5.41, 5.74) is -1.00. The van der Waals surface area contributed by atoms with Gasteiger partial charge < -0.3 is 9.84 Å². The van der Waals surface area contributed by atoms with Crippen LogP contribution in [0.5, 0.6) is 0 Å². The van der Waals surface area contributed by atoms with Gasteiger partial charge in [0.25, 0.3) is 0 Å². The summed E-state index contributed by atoms with van der Waals surface area (Å²) >= 11 is 0. The number of rotatable bonds is 5. The van der Waals surface area contributed by atoms with Crippen LogP contribution in [-0.2, 0) is 4.74 Å². The Kier molecular flexibility index (Phi) is 6.60. The first kappa shape index (κ1) is 15.9. The molecule has 2 atom stereocenters. The number of hydrogen-bond acceptors (Lipinski definition) is 3. The Morgan fingerprint density at radius 2 is 2.12 bits per heavy atom. The van der Waals surface area contributed by atoms with E-state index in [1.165, 1.54) is 0 Å². The van der Waals surface area contributed by atoms with Crippen LogP contribution < -0.4 is 34.7 Å². The molecular weight excluding hydrogens is 217 g/mol. The number of carbonyl (C=O) groups excluding carboxylic acids is 1. The third-order valence-corrected chi connectivity index (χ3v) is 2.85. The average molecular weight is 235 g/mol. The van der Waals surface area contributed by atoms with Crippen molar-refractivity contribution >= 4 is 12.0 Å². The zero-order valence-corrected chi connectivity index (χ0v) is 12.6. The molecular formula is C11H18NNaO3. The zero-order chi connectivity index (χ0) is 11.5. The van der Waals surface area contributed by atoms with Crippen LogP contribution >= 0.6 is 0 Å². The Labute approximate surface area is 119 Å². The van der Waals surface area contributed by atoms with E-state index < -0.39 is 17.6 Å². The van der Waals surface area contributed by atoms with Gasteiger partial charge in [-0.3, -0.25) is 0 Å². The minimum Gasteiger partial charge on any atom is -0.859 e. The summed E-state index contributed by atoms with van der Waals surface area (Å²) in [5.74, 6) is 0.120. The van der Waals surface area contributed by atoms with E-state index in [0.717, 1.165) is 19.3 Å². The first-order valence-electron chi connectivity index (χ1n) is 5.47. The van der Waals surface area contributed by atoms with Crippen LogP contribution in [-0.4, -0.2) is 17.6 Å². The molecule has 1 aliphatic heterocycles. The number of nitrogens with zero attached hydrogens (tertiary/aromatic N) is 1. The third-order valence-electron chi connectivity index (χ3n) is 2.85. The summed E-state index contributed by atoms with van der Waals surface area (Å²) in [5, 5.41) is 11.4. The van der Waals surface area contributed by atoms with Crippen LogP contribution in [0.2, 0.25) is 0 Å². The van der Waals surface area contributed by atoms with Gasteiger partial charge in [0.15, 0.2) is 0 Å². The molecule has 0 aliphatic carbocycles. The van der Waals surface area contributed by atoms with E-state index in [9.17, 15) is 9.90 Å². The number of amides is 1. The number of ether oxygens (including phenoxy) is 1. The molecule has 86 valence electrons. The fourth-order valence-corrected chi connectivity index (χ4v) is 1.78. The smallest absolute Gasteiger partial charge is 0.859 e. The molecule has 16 heavy (non-hydrogen) atoms. The molecule has 0 N–H and O–H groups in total. The van der Waals surface area contributed by atoms with E-state index in [2.05, 4.69) is 18.8 Å². The molecule has 0 saturated heterocycles. The molecule has 0 aromatic carbocycles. The fourth-order valence-electron chi connectivity index (χ4n) is 1.78. The van der Waals surface area contributed by atoms with Gasteiger partial charge in [0.2, 0.25) is 0 Å². The normalized spacial score (nSPS) is 25.7. The fraction of sp³-hybridized carbons (Fsp3) is 0.818. The van der Waals surface area contributed by atoms with Crippen molar-refractivity contribution in [3.05, 3.63) is 0 Å². The topological polar surface area (TPSA) is 61.7 Å². The van der Waals surface area contributed by atoms with Crippen LogP contribution in [0.4, 0.5) is 4.79 Å². The Morgan fingerprint density at radius 3 is 2.56 bits per heavy atom. The molecule has 0 fully saturated rings. The van der Waals surface area contributed by atoms with Crippen molar-refractivity contribution in [2.24, 2.45) is 10.9 Å². The molecule has 1 rings (SSSR count). The van der Waals surface area contributed by atoms with Crippen molar-refractivity contribution in [1.29, 1.82) is 0 Å². The summed E-state index contributed by atoms with van der Waals surface area (Å²) in [7, 11) is 0. The van der Waals surface area contributed by atoms with Crippen molar-refractivity contribution in [1.82, 2.24) is 0 Å². The third kappa shape index (κ3) is 4.07. The standard InChI is InChI=1S/C11H19NO3.Na/c1-4-5-8(2)6-7-11(3)9(13)12-10(14)15-11;/h8H,4-7H2,1-3H3,(H,12,13,14);/q;+1/p-1. The van der Waals surface area contributed by atoms with Crippen LogP contribution in [0.25, 0.3) is 0 Å². The first-order chi connectivity index (χ1) is 6.98. The molecule has 4 nitrogen and oxygen atoms in total. The summed E-state index contributed by atoms with van der Waals surface area (Å²) in [6.45, 7) is 5.92. The molecule has 0 spiro atoms. The van der Waals surface area contributed by atoms with E-state index in [1.807, 2.05) is 0 Å². The van der Waals surface area contributed by atoms with Crippen molar-refractivity contribution < 1.29 is 44.2 Å². The van der Waals surface area contributed by atoms with E-state index in [1.54, 1.807) is 6.92 Å². The number of carbonyl (C=O) groups is 1. The van der Waals surface area contributed by atoms with Gasteiger partial charge in [-0.25, -0.2) is 4.79 Å². The van der Waals surface area contributed by atoms with E-state index in [-0.39, 0.29) is 29.6 Å². The van der Waals surface area contributed by atoms with Crippen LogP contribution in [0.1, 0.15) is 46.5 Å². The molecule has 2 unspecified atom stereocenters. The van der Waals surface area contributed by atoms with Gasteiger partial charge in [0, 0.05) is 5.90 Å². The SMILES string of the molecule is CCCC(C)CCC1(C)OC(=O)N=C1[O-].[Na+]. The van der Waals surface area contributed by atoms with Gasteiger partial charge in [-0.05, 0) is 25.7 Å². The van der Waals surface area contributed by atoms with E-state index >= 15 is 0 Å². The number of hydrogen-bond donors (Lipinski definition) is 0. The number of cyclic esters (lactones) is 1.